The normalized spacial score (nSPS) is 15.3. The maximum Gasteiger partial charge on any atom is 0.229 e. The number of aryl methyl sites for hydroxylation is 1. The van der Waals surface area contributed by atoms with E-state index in [9.17, 15) is 0 Å². The molecule has 0 unspecified atom stereocenters. The average Bonchev–Trinajstić information content (AvgIpc) is 2.68. The number of anilines is 3. The standard InChI is InChI=1S/C23H26N4/c1-4-18-14-21(26-22(24-18)25-19-11-6-5-7-12-19)27-15-17-10-8-9-13-20(17)23(2,3)16-27/h5-14H,4,15-16H2,1-3H3,(H,24,25,26). The van der Waals surface area contributed by atoms with Gasteiger partial charge in [0.05, 0.1) is 0 Å². The topological polar surface area (TPSA) is 41.1 Å². The summed E-state index contributed by atoms with van der Waals surface area (Å²) >= 11 is 0. The molecule has 4 nitrogen and oxygen atoms in total. The molecule has 0 aliphatic carbocycles. The van der Waals surface area contributed by atoms with Crippen LogP contribution in [-0.2, 0) is 18.4 Å². The first-order valence-corrected chi connectivity index (χ1v) is 9.58. The SMILES string of the molecule is CCc1cc(N2Cc3ccccc3C(C)(C)C2)nc(Nc2ccccc2)n1. The van der Waals surface area contributed by atoms with Gasteiger partial charge < -0.3 is 10.2 Å². The van der Waals surface area contributed by atoms with E-state index in [0.717, 1.165) is 36.7 Å². The van der Waals surface area contributed by atoms with Crippen molar-refractivity contribution in [2.75, 3.05) is 16.8 Å². The van der Waals surface area contributed by atoms with Gasteiger partial charge in [-0.05, 0) is 29.7 Å². The largest absolute Gasteiger partial charge is 0.351 e. The fourth-order valence-electron chi connectivity index (χ4n) is 3.84. The van der Waals surface area contributed by atoms with Crippen LogP contribution in [0, 0.1) is 0 Å². The summed E-state index contributed by atoms with van der Waals surface area (Å²) in [6, 6.07) is 21.0. The summed E-state index contributed by atoms with van der Waals surface area (Å²) in [6.07, 6.45) is 0.882. The molecule has 4 heteroatoms. The summed E-state index contributed by atoms with van der Waals surface area (Å²) in [5.74, 6) is 1.65. The van der Waals surface area contributed by atoms with E-state index in [1.165, 1.54) is 11.1 Å². The number of hydrogen-bond donors (Lipinski definition) is 1. The Hall–Kier alpha value is -2.88. The zero-order valence-electron chi connectivity index (χ0n) is 16.2. The van der Waals surface area contributed by atoms with Crippen molar-refractivity contribution in [3.8, 4) is 0 Å². The predicted octanol–water partition coefficient (Wildman–Crippen LogP) is 5.08. The van der Waals surface area contributed by atoms with Gasteiger partial charge >= 0.3 is 0 Å². The fraction of sp³-hybridized carbons (Fsp3) is 0.304. The molecule has 0 saturated carbocycles. The summed E-state index contributed by atoms with van der Waals surface area (Å²) in [6.45, 7) is 8.57. The number of rotatable bonds is 4. The van der Waals surface area contributed by atoms with Crippen LogP contribution < -0.4 is 10.2 Å². The minimum absolute atomic E-state index is 0.0825. The van der Waals surface area contributed by atoms with E-state index in [-0.39, 0.29) is 5.41 Å². The highest BCUT2D eigenvalue weighted by Gasteiger charge is 2.32. The third kappa shape index (κ3) is 3.65. The summed E-state index contributed by atoms with van der Waals surface area (Å²) in [4.78, 5) is 11.9. The Kier molecular flexibility index (Phi) is 4.56. The summed E-state index contributed by atoms with van der Waals surface area (Å²) in [5.41, 5.74) is 4.95. The summed E-state index contributed by atoms with van der Waals surface area (Å²) < 4.78 is 0. The van der Waals surface area contributed by atoms with E-state index < -0.39 is 0 Å². The Morgan fingerprint density at radius 3 is 2.52 bits per heavy atom. The quantitative estimate of drug-likeness (QED) is 0.706. The minimum atomic E-state index is 0.0825. The first-order valence-electron chi connectivity index (χ1n) is 9.58. The number of nitrogens with zero attached hydrogens (tertiary/aromatic N) is 3. The zero-order valence-corrected chi connectivity index (χ0v) is 16.2. The van der Waals surface area contributed by atoms with Crippen molar-refractivity contribution in [3.05, 3.63) is 77.5 Å². The molecule has 0 saturated heterocycles. The monoisotopic (exact) mass is 358 g/mol. The molecule has 2 aromatic carbocycles. The van der Waals surface area contributed by atoms with Crippen LogP contribution in [0.15, 0.2) is 60.7 Å². The van der Waals surface area contributed by atoms with Gasteiger partial charge in [0.15, 0.2) is 0 Å². The second kappa shape index (κ2) is 7.03. The van der Waals surface area contributed by atoms with Crippen LogP contribution in [0.1, 0.15) is 37.6 Å². The number of hydrogen-bond acceptors (Lipinski definition) is 4. The van der Waals surface area contributed by atoms with Gasteiger partial charge in [-0.2, -0.15) is 4.98 Å². The lowest BCUT2D eigenvalue weighted by Crippen LogP contribution is -2.42. The highest BCUT2D eigenvalue weighted by atomic mass is 15.2. The Balaban J connectivity index is 1.68. The van der Waals surface area contributed by atoms with Crippen LogP contribution in [-0.4, -0.2) is 16.5 Å². The van der Waals surface area contributed by atoms with E-state index in [1.807, 2.05) is 30.3 Å². The van der Waals surface area contributed by atoms with Crippen molar-refractivity contribution in [3.63, 3.8) is 0 Å². The van der Waals surface area contributed by atoms with Gasteiger partial charge in [-0.1, -0.05) is 63.2 Å². The molecule has 0 radical (unpaired) electrons. The molecule has 0 atom stereocenters. The van der Waals surface area contributed by atoms with Crippen LogP contribution in [0.5, 0.6) is 0 Å². The maximum absolute atomic E-state index is 4.84. The molecule has 0 fully saturated rings. The third-order valence-electron chi connectivity index (χ3n) is 5.18. The molecular formula is C23H26N4. The number of benzene rings is 2. The molecule has 1 N–H and O–H groups in total. The number of aromatic nitrogens is 2. The number of para-hydroxylation sites is 1. The van der Waals surface area contributed by atoms with E-state index in [1.54, 1.807) is 0 Å². The van der Waals surface area contributed by atoms with Gasteiger partial charge in [0.25, 0.3) is 0 Å². The van der Waals surface area contributed by atoms with E-state index in [2.05, 4.69) is 66.3 Å². The van der Waals surface area contributed by atoms with Gasteiger partial charge in [-0.15, -0.1) is 0 Å². The van der Waals surface area contributed by atoms with Crippen molar-refractivity contribution < 1.29 is 0 Å². The molecule has 0 spiro atoms. The van der Waals surface area contributed by atoms with Gasteiger partial charge in [0.1, 0.15) is 5.82 Å². The van der Waals surface area contributed by atoms with Crippen LogP contribution in [0.2, 0.25) is 0 Å². The Morgan fingerprint density at radius 2 is 1.74 bits per heavy atom. The van der Waals surface area contributed by atoms with E-state index in [0.29, 0.717) is 5.95 Å². The van der Waals surface area contributed by atoms with Crippen molar-refractivity contribution in [1.82, 2.24) is 9.97 Å². The van der Waals surface area contributed by atoms with Crippen LogP contribution in [0.3, 0.4) is 0 Å². The molecule has 4 rings (SSSR count). The molecule has 2 heterocycles. The fourth-order valence-corrected chi connectivity index (χ4v) is 3.84. The lowest BCUT2D eigenvalue weighted by molar-refractivity contribution is 0.474. The molecule has 0 bridgehead atoms. The van der Waals surface area contributed by atoms with E-state index in [4.69, 9.17) is 4.98 Å². The highest BCUT2D eigenvalue weighted by molar-refractivity contribution is 5.56. The van der Waals surface area contributed by atoms with E-state index >= 15 is 0 Å². The average molecular weight is 358 g/mol. The van der Waals surface area contributed by atoms with Gasteiger partial charge in [0.2, 0.25) is 5.95 Å². The van der Waals surface area contributed by atoms with Crippen molar-refractivity contribution in [2.24, 2.45) is 0 Å². The minimum Gasteiger partial charge on any atom is -0.351 e. The predicted molar refractivity (Wildman–Crippen MR) is 112 cm³/mol. The zero-order chi connectivity index (χ0) is 18.9. The molecular weight excluding hydrogens is 332 g/mol. The van der Waals surface area contributed by atoms with Crippen molar-refractivity contribution >= 4 is 17.5 Å². The molecule has 1 aliphatic heterocycles. The summed E-state index contributed by atoms with van der Waals surface area (Å²) in [5, 5.41) is 3.35. The molecule has 3 aromatic rings. The Labute approximate surface area is 161 Å². The molecule has 1 aromatic heterocycles. The highest BCUT2D eigenvalue weighted by Crippen LogP contribution is 2.35. The first-order chi connectivity index (χ1) is 13.0. The maximum atomic E-state index is 4.84. The second-order valence-electron chi connectivity index (χ2n) is 7.78. The van der Waals surface area contributed by atoms with Gasteiger partial charge in [-0.25, -0.2) is 4.98 Å². The van der Waals surface area contributed by atoms with Gasteiger partial charge in [-0.3, -0.25) is 0 Å². The lowest BCUT2D eigenvalue weighted by Gasteiger charge is -2.40. The van der Waals surface area contributed by atoms with Gasteiger partial charge in [0, 0.05) is 36.0 Å². The molecule has 138 valence electrons. The molecule has 0 amide bonds. The number of nitrogens with one attached hydrogen (secondary N) is 1. The van der Waals surface area contributed by atoms with Crippen LogP contribution in [0.4, 0.5) is 17.5 Å². The third-order valence-corrected chi connectivity index (χ3v) is 5.18. The lowest BCUT2D eigenvalue weighted by atomic mass is 9.78. The Bertz CT molecular complexity index is 934. The van der Waals surface area contributed by atoms with Crippen LogP contribution in [0.25, 0.3) is 0 Å². The smallest absolute Gasteiger partial charge is 0.229 e. The second-order valence-corrected chi connectivity index (χ2v) is 7.78. The molecule has 27 heavy (non-hydrogen) atoms. The summed E-state index contributed by atoms with van der Waals surface area (Å²) in [7, 11) is 0. The number of fused-ring (bicyclic) bond motifs is 1. The van der Waals surface area contributed by atoms with Crippen molar-refractivity contribution in [1.29, 1.82) is 0 Å². The Morgan fingerprint density at radius 1 is 1.00 bits per heavy atom. The van der Waals surface area contributed by atoms with Crippen LogP contribution >= 0.6 is 0 Å². The first kappa shape index (κ1) is 17.5. The van der Waals surface area contributed by atoms with Crippen molar-refractivity contribution in [2.45, 2.75) is 39.2 Å². The molecule has 1 aliphatic rings.